The predicted octanol–water partition coefficient (Wildman–Crippen LogP) is 1.74. The van der Waals surface area contributed by atoms with Gasteiger partial charge in [-0.1, -0.05) is 12.1 Å². The fourth-order valence-electron chi connectivity index (χ4n) is 1.82. The molecule has 1 aliphatic rings. The average molecular weight is 172 g/mol. The molecule has 0 saturated carbocycles. The summed E-state index contributed by atoms with van der Waals surface area (Å²) < 4.78 is 0. The summed E-state index contributed by atoms with van der Waals surface area (Å²) in [5.74, 6) is 0. The van der Waals surface area contributed by atoms with E-state index in [9.17, 15) is 0 Å². The van der Waals surface area contributed by atoms with E-state index in [1.165, 1.54) is 11.3 Å². The van der Waals surface area contributed by atoms with Crippen LogP contribution in [0.2, 0.25) is 0 Å². The monoisotopic (exact) mass is 172 g/mol. The molecular weight excluding hydrogens is 160 g/mol. The van der Waals surface area contributed by atoms with Gasteiger partial charge in [0.1, 0.15) is 0 Å². The number of likely N-dealkylation sites (N-methyl/N-ethyl adjacent to an activating group) is 1. The molecule has 1 aromatic carbocycles. The van der Waals surface area contributed by atoms with Crippen LogP contribution in [0.5, 0.6) is 0 Å². The normalized spacial score (nSPS) is 14.0. The summed E-state index contributed by atoms with van der Waals surface area (Å²) in [5.41, 5.74) is 3.84. The van der Waals surface area contributed by atoms with E-state index >= 15 is 0 Å². The van der Waals surface area contributed by atoms with Crippen LogP contribution in [-0.2, 0) is 12.8 Å². The first-order valence-electron chi connectivity index (χ1n) is 4.51. The minimum absolute atomic E-state index is 0.525. The summed E-state index contributed by atoms with van der Waals surface area (Å²) in [6.45, 7) is 1.10. The Balaban J connectivity index is 2.35. The van der Waals surface area contributed by atoms with E-state index in [0.717, 1.165) is 18.5 Å². The topological polar surface area (TPSA) is 27.0 Å². The van der Waals surface area contributed by atoms with E-state index in [4.69, 9.17) is 5.26 Å². The van der Waals surface area contributed by atoms with Crippen LogP contribution in [0.15, 0.2) is 18.2 Å². The van der Waals surface area contributed by atoms with Gasteiger partial charge in [0, 0.05) is 19.3 Å². The molecule has 0 spiro atoms. The maximum absolute atomic E-state index is 8.56. The Kier molecular flexibility index (Phi) is 1.94. The van der Waals surface area contributed by atoms with Gasteiger partial charge in [-0.25, -0.2) is 0 Å². The summed E-state index contributed by atoms with van der Waals surface area (Å²) in [5, 5.41) is 8.56. The summed E-state index contributed by atoms with van der Waals surface area (Å²) in [6, 6.07) is 8.49. The van der Waals surface area contributed by atoms with Crippen molar-refractivity contribution in [1.29, 1.82) is 5.26 Å². The summed E-state index contributed by atoms with van der Waals surface area (Å²) in [4.78, 5) is 2.26. The minimum Gasteiger partial charge on any atom is -0.374 e. The first-order valence-corrected chi connectivity index (χ1v) is 4.51. The zero-order valence-electron chi connectivity index (χ0n) is 7.75. The van der Waals surface area contributed by atoms with Crippen molar-refractivity contribution < 1.29 is 0 Å². The van der Waals surface area contributed by atoms with Gasteiger partial charge in [0.15, 0.2) is 0 Å². The summed E-state index contributed by atoms with van der Waals surface area (Å²) in [7, 11) is 2.11. The van der Waals surface area contributed by atoms with Gasteiger partial charge in [0.25, 0.3) is 0 Å². The third-order valence-corrected chi connectivity index (χ3v) is 2.55. The van der Waals surface area contributed by atoms with Crippen molar-refractivity contribution in [2.24, 2.45) is 0 Å². The fourth-order valence-corrected chi connectivity index (χ4v) is 1.82. The van der Waals surface area contributed by atoms with Crippen LogP contribution in [0.3, 0.4) is 0 Å². The second-order valence-electron chi connectivity index (χ2n) is 3.47. The molecule has 0 saturated heterocycles. The van der Waals surface area contributed by atoms with E-state index in [0.29, 0.717) is 6.42 Å². The molecule has 0 amide bonds. The smallest absolute Gasteiger partial charge is 0.0669 e. The SMILES string of the molecule is CN1CCc2cc(CC#N)ccc21. The zero-order valence-corrected chi connectivity index (χ0v) is 7.75. The number of nitriles is 1. The quantitative estimate of drug-likeness (QED) is 0.645. The van der Waals surface area contributed by atoms with Crippen LogP contribution < -0.4 is 4.90 Å². The summed E-state index contributed by atoms with van der Waals surface area (Å²) >= 11 is 0. The molecule has 0 atom stereocenters. The highest BCUT2D eigenvalue weighted by Gasteiger charge is 2.14. The number of hydrogen-bond donors (Lipinski definition) is 0. The number of nitrogens with zero attached hydrogens (tertiary/aromatic N) is 2. The Morgan fingerprint density at radius 3 is 3.15 bits per heavy atom. The van der Waals surface area contributed by atoms with Crippen molar-refractivity contribution in [3.8, 4) is 6.07 Å². The van der Waals surface area contributed by atoms with Gasteiger partial charge in [-0.05, 0) is 23.6 Å². The lowest BCUT2D eigenvalue weighted by atomic mass is 10.1. The molecule has 66 valence electrons. The Bertz CT molecular complexity index is 363. The van der Waals surface area contributed by atoms with Gasteiger partial charge in [-0.2, -0.15) is 5.26 Å². The molecule has 0 radical (unpaired) electrons. The van der Waals surface area contributed by atoms with Crippen LogP contribution >= 0.6 is 0 Å². The number of fused-ring (bicyclic) bond motifs is 1. The third kappa shape index (κ3) is 1.38. The van der Waals surface area contributed by atoms with Crippen molar-refractivity contribution in [3.63, 3.8) is 0 Å². The van der Waals surface area contributed by atoms with Crippen molar-refractivity contribution in [2.45, 2.75) is 12.8 Å². The molecule has 0 aliphatic carbocycles. The average Bonchev–Trinajstić information content (AvgIpc) is 2.48. The van der Waals surface area contributed by atoms with Gasteiger partial charge < -0.3 is 4.90 Å². The van der Waals surface area contributed by atoms with Crippen LogP contribution in [0.4, 0.5) is 5.69 Å². The second kappa shape index (κ2) is 3.10. The molecule has 1 heterocycles. The molecule has 0 bridgehead atoms. The molecule has 2 heteroatoms. The van der Waals surface area contributed by atoms with Crippen LogP contribution in [0.25, 0.3) is 0 Å². The Hall–Kier alpha value is -1.49. The van der Waals surface area contributed by atoms with Crippen molar-refractivity contribution in [3.05, 3.63) is 29.3 Å². The van der Waals surface area contributed by atoms with Crippen LogP contribution in [-0.4, -0.2) is 13.6 Å². The molecule has 1 aromatic rings. The Morgan fingerprint density at radius 2 is 2.38 bits per heavy atom. The highest BCUT2D eigenvalue weighted by Crippen LogP contribution is 2.27. The molecule has 0 fully saturated rings. The molecule has 0 unspecified atom stereocenters. The lowest BCUT2D eigenvalue weighted by molar-refractivity contribution is 0.956. The number of rotatable bonds is 1. The molecule has 1 aliphatic heterocycles. The van der Waals surface area contributed by atoms with E-state index in [1.54, 1.807) is 0 Å². The van der Waals surface area contributed by atoms with Crippen LogP contribution in [0.1, 0.15) is 11.1 Å². The number of hydrogen-bond acceptors (Lipinski definition) is 2. The maximum Gasteiger partial charge on any atom is 0.0669 e. The predicted molar refractivity (Wildman–Crippen MR) is 52.7 cm³/mol. The van der Waals surface area contributed by atoms with E-state index in [-0.39, 0.29) is 0 Å². The Labute approximate surface area is 78.4 Å². The number of anilines is 1. The van der Waals surface area contributed by atoms with Crippen LogP contribution in [0, 0.1) is 11.3 Å². The lowest BCUT2D eigenvalue weighted by Crippen LogP contribution is -2.12. The van der Waals surface area contributed by atoms with Crippen molar-refractivity contribution in [1.82, 2.24) is 0 Å². The highest BCUT2D eigenvalue weighted by molar-refractivity contribution is 5.58. The van der Waals surface area contributed by atoms with E-state index in [2.05, 4.69) is 30.1 Å². The second-order valence-corrected chi connectivity index (χ2v) is 3.47. The zero-order chi connectivity index (χ0) is 9.26. The van der Waals surface area contributed by atoms with Crippen molar-refractivity contribution >= 4 is 5.69 Å². The van der Waals surface area contributed by atoms with Gasteiger partial charge in [-0.15, -0.1) is 0 Å². The standard InChI is InChI=1S/C11H12N2/c1-13-7-5-10-8-9(4-6-12)2-3-11(10)13/h2-3,8H,4-5,7H2,1H3. The lowest BCUT2D eigenvalue weighted by Gasteiger charge is -2.11. The Morgan fingerprint density at radius 1 is 1.54 bits per heavy atom. The molecule has 13 heavy (non-hydrogen) atoms. The molecule has 0 N–H and O–H groups in total. The van der Waals surface area contributed by atoms with E-state index < -0.39 is 0 Å². The minimum atomic E-state index is 0.525. The van der Waals surface area contributed by atoms with Gasteiger partial charge in [-0.3, -0.25) is 0 Å². The molecule has 2 nitrogen and oxygen atoms in total. The summed E-state index contributed by atoms with van der Waals surface area (Å²) in [6.07, 6.45) is 1.64. The van der Waals surface area contributed by atoms with Gasteiger partial charge >= 0.3 is 0 Å². The first kappa shape index (κ1) is 8.12. The molecule has 2 rings (SSSR count). The van der Waals surface area contributed by atoms with Gasteiger partial charge in [0.05, 0.1) is 12.5 Å². The number of benzene rings is 1. The molecule has 0 aromatic heterocycles. The maximum atomic E-state index is 8.56. The van der Waals surface area contributed by atoms with Crippen molar-refractivity contribution in [2.75, 3.05) is 18.5 Å². The largest absolute Gasteiger partial charge is 0.374 e. The third-order valence-electron chi connectivity index (χ3n) is 2.55. The molecular formula is C11H12N2. The van der Waals surface area contributed by atoms with E-state index in [1.807, 2.05) is 6.07 Å². The fraction of sp³-hybridized carbons (Fsp3) is 0.364. The first-order chi connectivity index (χ1) is 6.31. The highest BCUT2D eigenvalue weighted by atomic mass is 15.1. The van der Waals surface area contributed by atoms with Gasteiger partial charge in [0.2, 0.25) is 0 Å².